The molecule has 0 saturated carbocycles. The molecule has 0 aliphatic carbocycles. The van der Waals surface area contributed by atoms with E-state index < -0.39 is 5.97 Å². The van der Waals surface area contributed by atoms with E-state index in [0.29, 0.717) is 34.5 Å². The second-order valence-corrected chi connectivity index (χ2v) is 6.35. The molecule has 2 N–H and O–H groups in total. The molecule has 6 heteroatoms. The van der Waals surface area contributed by atoms with E-state index in [0.717, 1.165) is 17.2 Å². The maximum absolute atomic E-state index is 10.4. The number of hydrogen-bond acceptors (Lipinski definition) is 5. The summed E-state index contributed by atoms with van der Waals surface area (Å²) in [4.78, 5) is 10.4. The first-order valence-electron chi connectivity index (χ1n) is 8.74. The van der Waals surface area contributed by atoms with Crippen LogP contribution in [0.5, 0.6) is 23.0 Å². The molecule has 0 aliphatic heterocycles. The molecule has 0 aromatic heterocycles. The third kappa shape index (κ3) is 6.54. The monoisotopic (exact) mass is 388 g/mol. The second kappa shape index (κ2) is 10.9. The summed E-state index contributed by atoms with van der Waals surface area (Å²) >= 11 is 0. The topological polar surface area (TPSA) is 85.2 Å². The van der Waals surface area contributed by atoms with Crippen molar-refractivity contribution in [3.8, 4) is 23.0 Å². The van der Waals surface area contributed by atoms with Gasteiger partial charge in [0.1, 0.15) is 5.75 Å². The molecule has 0 heterocycles. The third-order valence-electron chi connectivity index (χ3n) is 3.91. The number of methoxy groups -OCH3 is 3. The highest BCUT2D eigenvalue weighted by atomic mass is 16.5. The SMILES string of the molecule is COc1cc(C=CC(=O)O)cc(OC)c1OC.Cc1ccc(C(C)C)c(O)c1. The Morgan fingerprint density at radius 1 is 1.00 bits per heavy atom. The number of aryl methyl sites for hydroxylation is 1. The van der Waals surface area contributed by atoms with Crippen LogP contribution in [-0.4, -0.2) is 37.5 Å². The van der Waals surface area contributed by atoms with Gasteiger partial charge in [0.05, 0.1) is 21.3 Å². The Balaban J connectivity index is 0.000000307. The molecule has 0 fully saturated rings. The van der Waals surface area contributed by atoms with Gasteiger partial charge < -0.3 is 24.4 Å². The van der Waals surface area contributed by atoms with Crippen molar-refractivity contribution in [3.05, 3.63) is 53.1 Å². The zero-order valence-electron chi connectivity index (χ0n) is 17.1. The van der Waals surface area contributed by atoms with Crippen molar-refractivity contribution in [2.75, 3.05) is 21.3 Å². The van der Waals surface area contributed by atoms with E-state index in [-0.39, 0.29) is 0 Å². The highest BCUT2D eigenvalue weighted by molar-refractivity contribution is 5.85. The van der Waals surface area contributed by atoms with Crippen LogP contribution in [0.2, 0.25) is 0 Å². The lowest BCUT2D eigenvalue weighted by Crippen LogP contribution is -1.95. The smallest absolute Gasteiger partial charge is 0.328 e. The molecule has 0 amide bonds. The van der Waals surface area contributed by atoms with Gasteiger partial charge in [-0.15, -0.1) is 0 Å². The Hall–Kier alpha value is -3.15. The van der Waals surface area contributed by atoms with Gasteiger partial charge in [0.25, 0.3) is 0 Å². The predicted molar refractivity (Wildman–Crippen MR) is 110 cm³/mol. The molecule has 0 atom stereocenters. The van der Waals surface area contributed by atoms with E-state index in [2.05, 4.69) is 13.8 Å². The minimum atomic E-state index is -1.02. The molecular formula is C22H28O6. The largest absolute Gasteiger partial charge is 0.508 e. The zero-order chi connectivity index (χ0) is 21.3. The van der Waals surface area contributed by atoms with E-state index in [1.54, 1.807) is 18.2 Å². The Morgan fingerprint density at radius 3 is 1.96 bits per heavy atom. The lowest BCUT2D eigenvalue weighted by molar-refractivity contribution is -0.131. The number of carboxylic acid groups (broad SMARTS) is 1. The molecular weight excluding hydrogens is 360 g/mol. The predicted octanol–water partition coefficient (Wildman–Crippen LogP) is 4.63. The highest BCUT2D eigenvalue weighted by Gasteiger charge is 2.12. The van der Waals surface area contributed by atoms with Crippen LogP contribution in [0.25, 0.3) is 6.08 Å². The van der Waals surface area contributed by atoms with Crippen molar-refractivity contribution < 1.29 is 29.2 Å². The quantitative estimate of drug-likeness (QED) is 0.702. The zero-order valence-corrected chi connectivity index (χ0v) is 17.1. The second-order valence-electron chi connectivity index (χ2n) is 6.35. The first-order valence-corrected chi connectivity index (χ1v) is 8.74. The maximum atomic E-state index is 10.4. The fraction of sp³-hybridized carbons (Fsp3) is 0.318. The van der Waals surface area contributed by atoms with Gasteiger partial charge in [-0.3, -0.25) is 0 Å². The van der Waals surface area contributed by atoms with Crippen LogP contribution in [0.3, 0.4) is 0 Å². The number of carbonyl (C=O) groups is 1. The van der Waals surface area contributed by atoms with E-state index in [1.165, 1.54) is 27.4 Å². The number of aromatic hydroxyl groups is 1. The minimum Gasteiger partial charge on any atom is -0.508 e. The number of carboxylic acids is 1. The van der Waals surface area contributed by atoms with Gasteiger partial charge >= 0.3 is 5.97 Å². The Labute approximate surface area is 166 Å². The standard InChI is InChI=1S/C12H14O5.C10H14O/c1-15-9-6-8(4-5-11(13)14)7-10(16-2)12(9)17-3;1-7(2)9-5-4-8(3)6-10(9)11/h4-7H,1-3H3,(H,13,14);4-7,11H,1-3H3. The van der Waals surface area contributed by atoms with Crippen molar-refractivity contribution >= 4 is 12.0 Å². The average Bonchev–Trinajstić information content (AvgIpc) is 2.65. The van der Waals surface area contributed by atoms with E-state index >= 15 is 0 Å². The van der Waals surface area contributed by atoms with Crippen LogP contribution in [0.1, 0.15) is 36.5 Å². The number of benzene rings is 2. The van der Waals surface area contributed by atoms with E-state index in [9.17, 15) is 9.90 Å². The first-order chi connectivity index (χ1) is 13.2. The van der Waals surface area contributed by atoms with Crippen molar-refractivity contribution in [2.45, 2.75) is 26.7 Å². The molecule has 0 spiro atoms. The van der Waals surface area contributed by atoms with Crippen molar-refractivity contribution in [3.63, 3.8) is 0 Å². The Kier molecular flexibility index (Phi) is 8.88. The summed E-state index contributed by atoms with van der Waals surface area (Å²) in [5, 5.41) is 18.0. The number of phenolic OH excluding ortho intramolecular Hbond substituents is 1. The van der Waals surface area contributed by atoms with Gasteiger partial charge in [-0.25, -0.2) is 4.79 Å². The van der Waals surface area contributed by atoms with Gasteiger partial charge in [-0.1, -0.05) is 26.0 Å². The lowest BCUT2D eigenvalue weighted by atomic mass is 10.0. The molecule has 0 radical (unpaired) electrons. The Bertz CT molecular complexity index is 799. The molecule has 0 bridgehead atoms. The normalized spacial score (nSPS) is 10.4. The minimum absolute atomic E-state index is 0.399. The summed E-state index contributed by atoms with van der Waals surface area (Å²) in [5.41, 5.74) is 2.78. The fourth-order valence-corrected chi connectivity index (χ4v) is 2.51. The molecule has 152 valence electrons. The third-order valence-corrected chi connectivity index (χ3v) is 3.91. The van der Waals surface area contributed by atoms with Crippen molar-refractivity contribution in [1.82, 2.24) is 0 Å². The van der Waals surface area contributed by atoms with Crippen molar-refractivity contribution in [2.24, 2.45) is 0 Å². The number of phenols is 1. The summed E-state index contributed by atoms with van der Waals surface area (Å²) in [6.45, 7) is 6.12. The van der Waals surface area contributed by atoms with Gasteiger partial charge in [0.2, 0.25) is 5.75 Å². The average molecular weight is 388 g/mol. The summed E-state index contributed by atoms with van der Waals surface area (Å²) in [7, 11) is 4.51. The van der Waals surface area contributed by atoms with Gasteiger partial charge in [0, 0.05) is 6.08 Å². The number of ether oxygens (including phenoxy) is 3. The fourth-order valence-electron chi connectivity index (χ4n) is 2.51. The van der Waals surface area contributed by atoms with Gasteiger partial charge in [0.15, 0.2) is 11.5 Å². The van der Waals surface area contributed by atoms with Gasteiger partial charge in [-0.2, -0.15) is 0 Å². The summed E-state index contributed by atoms with van der Waals surface area (Å²) in [5.74, 6) is 1.24. The Morgan fingerprint density at radius 2 is 1.57 bits per heavy atom. The molecule has 0 unspecified atom stereocenters. The van der Waals surface area contributed by atoms with E-state index in [4.69, 9.17) is 19.3 Å². The first kappa shape index (κ1) is 22.9. The van der Waals surface area contributed by atoms with E-state index in [1.807, 2.05) is 19.1 Å². The molecule has 28 heavy (non-hydrogen) atoms. The summed E-state index contributed by atoms with van der Waals surface area (Å²) in [6, 6.07) is 9.14. The summed E-state index contributed by atoms with van der Waals surface area (Å²) < 4.78 is 15.4. The van der Waals surface area contributed by atoms with Crippen LogP contribution < -0.4 is 14.2 Å². The van der Waals surface area contributed by atoms with Crippen LogP contribution in [0.4, 0.5) is 0 Å². The molecule has 0 aliphatic rings. The van der Waals surface area contributed by atoms with Crippen molar-refractivity contribution in [1.29, 1.82) is 0 Å². The van der Waals surface area contributed by atoms with Crippen LogP contribution in [0, 0.1) is 6.92 Å². The lowest BCUT2D eigenvalue weighted by Gasteiger charge is -2.12. The molecule has 2 rings (SSSR count). The number of aliphatic carboxylic acids is 1. The number of rotatable bonds is 6. The van der Waals surface area contributed by atoms with Crippen LogP contribution in [0.15, 0.2) is 36.4 Å². The maximum Gasteiger partial charge on any atom is 0.328 e. The molecule has 2 aromatic carbocycles. The summed E-state index contributed by atoms with van der Waals surface area (Å²) in [6.07, 6.45) is 2.49. The molecule has 2 aromatic rings. The highest BCUT2D eigenvalue weighted by Crippen LogP contribution is 2.38. The molecule has 6 nitrogen and oxygen atoms in total. The van der Waals surface area contributed by atoms with Gasteiger partial charge in [-0.05, 0) is 53.8 Å². The van der Waals surface area contributed by atoms with Crippen LogP contribution >= 0.6 is 0 Å². The number of hydrogen-bond donors (Lipinski definition) is 2. The van der Waals surface area contributed by atoms with Crippen LogP contribution in [-0.2, 0) is 4.79 Å². The molecule has 0 saturated heterocycles.